The number of Topliss-reactive ketones (excluding diaryl/α,β-unsaturated/α-hetero) is 1. The summed E-state index contributed by atoms with van der Waals surface area (Å²) in [7, 11) is 0. The van der Waals surface area contributed by atoms with Gasteiger partial charge in [-0.3, -0.25) is 4.79 Å². The first-order chi connectivity index (χ1) is 19.8. The van der Waals surface area contributed by atoms with Crippen LogP contribution in [0.2, 0.25) is 0 Å². The molecule has 3 aliphatic heterocycles. The summed E-state index contributed by atoms with van der Waals surface area (Å²) >= 11 is 0. The molecular weight excluding hydrogens is 564 g/mol. The zero-order valence-electron chi connectivity index (χ0n) is 23.3. The van der Waals surface area contributed by atoms with Gasteiger partial charge in [0.25, 0.3) is 0 Å². The standard InChI is InChI=1S/C27H44O15/c1-9-20(32)22(34)24(36)26(39-9)38-8-18-21(33)23(35)25(37)27(42-18)40-11-5-14(30)19-15(31)7-16(41-17(19)6-11)10-2-3-12(28)13(29)4-10/h9-14,16-30,32-37H,2-8H2,1H3/t9-,10?,11?,12?,13?,14?,16?,17?,18+,19?,20-,21+,22+,23-,24+,25+,26+,27+/m0/s1. The summed E-state index contributed by atoms with van der Waals surface area (Å²) in [6, 6.07) is 0. The van der Waals surface area contributed by atoms with Gasteiger partial charge in [-0.05, 0) is 32.1 Å². The molecule has 0 bridgehead atoms. The van der Waals surface area contributed by atoms with Crippen molar-refractivity contribution < 1.29 is 74.4 Å². The monoisotopic (exact) mass is 608 g/mol. The molecule has 2 saturated carbocycles. The minimum atomic E-state index is -1.70. The molecule has 0 aromatic rings. The Morgan fingerprint density at radius 3 is 2.10 bits per heavy atom. The zero-order valence-corrected chi connectivity index (χ0v) is 23.3. The molecule has 5 aliphatic rings. The Morgan fingerprint density at radius 1 is 0.690 bits per heavy atom. The Hall–Kier alpha value is -0.890. The van der Waals surface area contributed by atoms with Gasteiger partial charge in [0, 0.05) is 19.3 Å². The summed E-state index contributed by atoms with van der Waals surface area (Å²) in [5.74, 6) is -1.04. The summed E-state index contributed by atoms with van der Waals surface area (Å²) in [6.45, 7) is 1.03. The van der Waals surface area contributed by atoms with Gasteiger partial charge in [0.1, 0.15) is 48.5 Å². The average molecular weight is 609 g/mol. The number of ether oxygens (including phenoxy) is 5. The van der Waals surface area contributed by atoms with E-state index in [4.69, 9.17) is 23.7 Å². The molecule has 8 unspecified atom stereocenters. The Labute approximate surface area is 242 Å². The SMILES string of the molecule is C[C@@H]1O[C@@H](OC[C@H]2O[C@@H](OC3CC(O)C4C(=O)CC(C5CCC(O)C(O)C5)OC4C3)[C@H](O)[C@@H](O)[C@@H]2O)[C@H](O)[C@H](O)[C@H]1O. The van der Waals surface area contributed by atoms with E-state index in [1.807, 2.05) is 0 Å². The van der Waals surface area contributed by atoms with Gasteiger partial charge >= 0.3 is 0 Å². The molecule has 3 saturated heterocycles. The summed E-state index contributed by atoms with van der Waals surface area (Å²) < 4.78 is 28.8. The molecule has 3 heterocycles. The fourth-order valence-corrected chi connectivity index (χ4v) is 6.92. The number of ketones is 1. The van der Waals surface area contributed by atoms with E-state index in [1.54, 1.807) is 0 Å². The number of aliphatic hydroxyl groups is 9. The second kappa shape index (κ2) is 13.2. The highest BCUT2D eigenvalue weighted by Gasteiger charge is 2.51. The van der Waals surface area contributed by atoms with Gasteiger partial charge in [-0.2, -0.15) is 0 Å². The van der Waals surface area contributed by atoms with E-state index in [9.17, 15) is 50.8 Å². The van der Waals surface area contributed by atoms with Crippen LogP contribution >= 0.6 is 0 Å². The summed E-state index contributed by atoms with van der Waals surface area (Å²) in [6.07, 6.45) is -17.6. The van der Waals surface area contributed by atoms with Gasteiger partial charge in [0.15, 0.2) is 12.6 Å². The van der Waals surface area contributed by atoms with Gasteiger partial charge in [0.05, 0.1) is 55.3 Å². The lowest BCUT2D eigenvalue weighted by Gasteiger charge is -2.47. The van der Waals surface area contributed by atoms with E-state index in [2.05, 4.69) is 0 Å². The van der Waals surface area contributed by atoms with Crippen LogP contribution in [0.5, 0.6) is 0 Å². The number of aliphatic hydroxyl groups excluding tert-OH is 9. The van der Waals surface area contributed by atoms with Crippen molar-refractivity contribution in [2.45, 2.75) is 143 Å². The predicted octanol–water partition coefficient (Wildman–Crippen LogP) is -3.96. The van der Waals surface area contributed by atoms with Crippen molar-refractivity contribution in [3.8, 4) is 0 Å². The third-order valence-electron chi connectivity index (χ3n) is 9.51. The number of carbonyl (C=O) groups excluding carboxylic acids is 1. The molecule has 15 nitrogen and oxygen atoms in total. The predicted molar refractivity (Wildman–Crippen MR) is 136 cm³/mol. The van der Waals surface area contributed by atoms with Crippen LogP contribution in [0.3, 0.4) is 0 Å². The van der Waals surface area contributed by atoms with Crippen LogP contribution < -0.4 is 0 Å². The zero-order chi connectivity index (χ0) is 30.5. The maximum atomic E-state index is 13.0. The highest BCUT2D eigenvalue weighted by molar-refractivity contribution is 5.83. The van der Waals surface area contributed by atoms with Crippen molar-refractivity contribution in [3.63, 3.8) is 0 Å². The van der Waals surface area contributed by atoms with E-state index < -0.39 is 111 Å². The second-order valence-electron chi connectivity index (χ2n) is 12.4. The molecule has 0 radical (unpaired) electrons. The highest BCUT2D eigenvalue weighted by atomic mass is 16.7. The van der Waals surface area contributed by atoms with Crippen molar-refractivity contribution in [2.24, 2.45) is 11.8 Å². The van der Waals surface area contributed by atoms with E-state index in [0.29, 0.717) is 19.3 Å². The topological polar surface area (TPSA) is 245 Å². The van der Waals surface area contributed by atoms with Crippen molar-refractivity contribution in [3.05, 3.63) is 0 Å². The first-order valence-corrected chi connectivity index (χ1v) is 14.7. The smallest absolute Gasteiger partial charge is 0.186 e. The number of fused-ring (bicyclic) bond motifs is 1. The van der Waals surface area contributed by atoms with Crippen molar-refractivity contribution >= 4 is 5.78 Å². The fraction of sp³-hybridized carbons (Fsp3) is 0.963. The van der Waals surface area contributed by atoms with E-state index in [1.165, 1.54) is 6.92 Å². The lowest BCUT2D eigenvalue weighted by molar-refractivity contribution is -0.336. The van der Waals surface area contributed by atoms with Crippen molar-refractivity contribution in [2.75, 3.05) is 6.61 Å². The molecule has 5 rings (SSSR count). The first kappa shape index (κ1) is 32.5. The minimum Gasteiger partial charge on any atom is -0.392 e. The molecule has 0 spiro atoms. The first-order valence-electron chi connectivity index (χ1n) is 14.7. The van der Waals surface area contributed by atoms with Crippen LogP contribution in [-0.2, 0) is 28.5 Å². The van der Waals surface area contributed by atoms with Crippen LogP contribution in [-0.4, -0.2) is 156 Å². The van der Waals surface area contributed by atoms with Crippen LogP contribution in [0, 0.1) is 11.8 Å². The molecule has 0 aromatic heterocycles. The number of rotatable bonds is 6. The van der Waals surface area contributed by atoms with E-state index >= 15 is 0 Å². The lowest BCUT2D eigenvalue weighted by atomic mass is 9.73. The van der Waals surface area contributed by atoms with Crippen molar-refractivity contribution in [1.82, 2.24) is 0 Å². The quantitative estimate of drug-likeness (QED) is 0.140. The summed E-state index contributed by atoms with van der Waals surface area (Å²) in [4.78, 5) is 13.0. The Morgan fingerprint density at radius 2 is 1.38 bits per heavy atom. The lowest BCUT2D eigenvalue weighted by Crippen LogP contribution is -2.62. The number of hydrogen-bond donors (Lipinski definition) is 9. The molecule has 2 aliphatic carbocycles. The molecule has 0 aromatic carbocycles. The van der Waals surface area contributed by atoms with Crippen LogP contribution in [0.25, 0.3) is 0 Å². The average Bonchev–Trinajstić information content (AvgIpc) is 2.95. The molecule has 15 heteroatoms. The Kier molecular flexibility index (Phi) is 10.2. The molecule has 242 valence electrons. The van der Waals surface area contributed by atoms with Crippen LogP contribution in [0.1, 0.15) is 45.4 Å². The second-order valence-corrected chi connectivity index (χ2v) is 12.4. The summed E-state index contributed by atoms with van der Waals surface area (Å²) in [5, 5.41) is 92.4. The molecule has 42 heavy (non-hydrogen) atoms. The summed E-state index contributed by atoms with van der Waals surface area (Å²) in [5.41, 5.74) is 0. The van der Waals surface area contributed by atoms with E-state index in [0.717, 1.165) is 0 Å². The Bertz CT molecular complexity index is 924. The third kappa shape index (κ3) is 6.55. The fourth-order valence-electron chi connectivity index (χ4n) is 6.92. The Balaban J connectivity index is 1.20. The van der Waals surface area contributed by atoms with Gasteiger partial charge in [-0.15, -0.1) is 0 Å². The van der Waals surface area contributed by atoms with Crippen molar-refractivity contribution in [1.29, 1.82) is 0 Å². The highest BCUT2D eigenvalue weighted by Crippen LogP contribution is 2.41. The molecular formula is C27H44O15. The van der Waals surface area contributed by atoms with Gasteiger partial charge < -0.3 is 69.6 Å². The van der Waals surface area contributed by atoms with Gasteiger partial charge in [-0.25, -0.2) is 0 Å². The minimum absolute atomic E-state index is 0.0296. The van der Waals surface area contributed by atoms with E-state index in [-0.39, 0.29) is 31.0 Å². The molecule has 0 amide bonds. The maximum absolute atomic E-state index is 13.0. The molecule has 5 fully saturated rings. The third-order valence-corrected chi connectivity index (χ3v) is 9.51. The molecule has 9 N–H and O–H groups in total. The van der Waals surface area contributed by atoms with Gasteiger partial charge in [-0.1, -0.05) is 0 Å². The largest absolute Gasteiger partial charge is 0.392 e. The number of carbonyl (C=O) groups is 1. The molecule has 18 atom stereocenters. The normalized spacial score (nSPS) is 53.9. The van der Waals surface area contributed by atoms with Crippen LogP contribution in [0.15, 0.2) is 0 Å². The van der Waals surface area contributed by atoms with Crippen LogP contribution in [0.4, 0.5) is 0 Å². The van der Waals surface area contributed by atoms with Gasteiger partial charge in [0.2, 0.25) is 0 Å². The number of hydrogen-bond acceptors (Lipinski definition) is 15. The maximum Gasteiger partial charge on any atom is 0.186 e.